The average molecular weight is 190 g/mol. The second kappa shape index (κ2) is 2.83. The van der Waals surface area contributed by atoms with Crippen LogP contribution in [0.1, 0.15) is 11.1 Å². The molecule has 0 N–H and O–H groups in total. The minimum absolute atomic E-state index is 0.195. The van der Waals surface area contributed by atoms with Gasteiger partial charge in [0.1, 0.15) is 5.52 Å². The Labute approximate surface area is 80.9 Å². The van der Waals surface area contributed by atoms with Gasteiger partial charge in [-0.3, -0.25) is 10.1 Å². The summed E-state index contributed by atoms with van der Waals surface area (Å²) in [6, 6.07) is 3.58. The zero-order chi connectivity index (χ0) is 10.3. The number of nitrogens with zero attached hydrogens (tertiary/aromatic N) is 2. The predicted octanol–water partition coefficient (Wildman–Crippen LogP) is 2.46. The van der Waals surface area contributed by atoms with E-state index in [1.54, 1.807) is 17.4 Å². The molecular formula is C10H10N2O2. The molecule has 0 unspecified atom stereocenters. The SMILES string of the molecule is Cc1cc2c([N+](=O)[O-])c(C)ccn2c1. The maximum Gasteiger partial charge on any atom is 0.296 e. The summed E-state index contributed by atoms with van der Waals surface area (Å²) >= 11 is 0. The van der Waals surface area contributed by atoms with Gasteiger partial charge in [-0.1, -0.05) is 0 Å². The molecule has 0 atom stereocenters. The third-order valence-electron chi connectivity index (χ3n) is 2.27. The van der Waals surface area contributed by atoms with Gasteiger partial charge in [0.25, 0.3) is 5.69 Å². The normalized spacial score (nSPS) is 10.7. The fourth-order valence-electron chi connectivity index (χ4n) is 1.64. The monoisotopic (exact) mass is 190 g/mol. The van der Waals surface area contributed by atoms with E-state index >= 15 is 0 Å². The van der Waals surface area contributed by atoms with Crippen LogP contribution >= 0.6 is 0 Å². The summed E-state index contributed by atoms with van der Waals surface area (Å²) in [6.07, 6.45) is 3.71. The van der Waals surface area contributed by atoms with Crippen LogP contribution in [0, 0.1) is 24.0 Å². The van der Waals surface area contributed by atoms with Crippen LogP contribution in [-0.2, 0) is 0 Å². The van der Waals surface area contributed by atoms with Gasteiger partial charge in [0.15, 0.2) is 0 Å². The highest BCUT2D eigenvalue weighted by Gasteiger charge is 2.15. The van der Waals surface area contributed by atoms with Gasteiger partial charge in [0.05, 0.1) is 4.92 Å². The fourth-order valence-corrected chi connectivity index (χ4v) is 1.64. The third kappa shape index (κ3) is 1.16. The Morgan fingerprint density at radius 3 is 2.79 bits per heavy atom. The van der Waals surface area contributed by atoms with Crippen LogP contribution in [0.3, 0.4) is 0 Å². The molecule has 0 saturated carbocycles. The first-order chi connectivity index (χ1) is 6.59. The second-order valence-corrected chi connectivity index (χ2v) is 3.41. The van der Waals surface area contributed by atoms with E-state index in [0.29, 0.717) is 11.1 Å². The summed E-state index contributed by atoms with van der Waals surface area (Å²) in [4.78, 5) is 10.5. The van der Waals surface area contributed by atoms with Crippen LogP contribution < -0.4 is 0 Å². The Hall–Kier alpha value is -1.84. The molecule has 4 nitrogen and oxygen atoms in total. The molecule has 0 radical (unpaired) electrons. The summed E-state index contributed by atoms with van der Waals surface area (Å²) in [5.41, 5.74) is 2.58. The lowest BCUT2D eigenvalue weighted by atomic mass is 10.2. The molecule has 0 fully saturated rings. The quantitative estimate of drug-likeness (QED) is 0.512. The number of nitro groups is 1. The number of aryl methyl sites for hydroxylation is 2. The number of fused-ring (bicyclic) bond motifs is 1. The number of hydrogen-bond acceptors (Lipinski definition) is 2. The molecule has 0 spiro atoms. The lowest BCUT2D eigenvalue weighted by molar-refractivity contribution is -0.383. The Kier molecular flexibility index (Phi) is 1.77. The molecular weight excluding hydrogens is 180 g/mol. The van der Waals surface area contributed by atoms with E-state index in [9.17, 15) is 10.1 Å². The Morgan fingerprint density at radius 2 is 2.14 bits per heavy atom. The van der Waals surface area contributed by atoms with E-state index in [-0.39, 0.29) is 10.6 Å². The summed E-state index contributed by atoms with van der Waals surface area (Å²) in [5, 5.41) is 10.8. The summed E-state index contributed by atoms with van der Waals surface area (Å²) < 4.78 is 1.78. The van der Waals surface area contributed by atoms with Crippen molar-refractivity contribution >= 4 is 11.2 Å². The van der Waals surface area contributed by atoms with Crippen molar-refractivity contribution in [3.63, 3.8) is 0 Å². The molecule has 4 heteroatoms. The zero-order valence-electron chi connectivity index (χ0n) is 8.02. The van der Waals surface area contributed by atoms with E-state index in [0.717, 1.165) is 5.56 Å². The van der Waals surface area contributed by atoms with Gasteiger partial charge in [0, 0.05) is 18.0 Å². The van der Waals surface area contributed by atoms with Crippen molar-refractivity contribution in [2.45, 2.75) is 13.8 Å². The molecule has 0 aliphatic carbocycles. The second-order valence-electron chi connectivity index (χ2n) is 3.41. The number of hydrogen-bond donors (Lipinski definition) is 0. The van der Waals surface area contributed by atoms with Crippen LogP contribution in [0.25, 0.3) is 5.52 Å². The van der Waals surface area contributed by atoms with Crippen LogP contribution in [0.15, 0.2) is 24.5 Å². The minimum atomic E-state index is -0.329. The van der Waals surface area contributed by atoms with Crippen LogP contribution in [0.4, 0.5) is 5.69 Å². The molecule has 0 amide bonds. The van der Waals surface area contributed by atoms with E-state index in [1.165, 1.54) is 0 Å². The standard InChI is InChI=1S/C10H10N2O2/c1-7-5-9-10(12(13)14)8(2)3-4-11(9)6-7/h3-6H,1-2H3. The summed E-state index contributed by atoms with van der Waals surface area (Å²) in [6.45, 7) is 3.67. The highest BCUT2D eigenvalue weighted by atomic mass is 16.6. The van der Waals surface area contributed by atoms with Crippen LogP contribution in [0.5, 0.6) is 0 Å². The van der Waals surface area contributed by atoms with Crippen LogP contribution in [-0.4, -0.2) is 9.32 Å². The highest BCUT2D eigenvalue weighted by molar-refractivity contribution is 5.69. The molecule has 0 aliphatic rings. The lowest BCUT2D eigenvalue weighted by Crippen LogP contribution is -1.95. The smallest absolute Gasteiger partial charge is 0.296 e. The van der Waals surface area contributed by atoms with Crippen molar-refractivity contribution in [3.05, 3.63) is 45.8 Å². The molecule has 2 rings (SSSR count). The minimum Gasteiger partial charge on any atom is -0.318 e. The molecule has 0 saturated heterocycles. The molecule has 0 bridgehead atoms. The number of pyridine rings is 1. The predicted molar refractivity (Wildman–Crippen MR) is 53.5 cm³/mol. The number of rotatable bonds is 1. The maximum absolute atomic E-state index is 10.8. The van der Waals surface area contributed by atoms with Gasteiger partial charge in [-0.05, 0) is 31.5 Å². The molecule has 0 aromatic carbocycles. The molecule has 2 aromatic rings. The topological polar surface area (TPSA) is 47.5 Å². The Morgan fingerprint density at radius 1 is 1.43 bits per heavy atom. The van der Waals surface area contributed by atoms with Crippen molar-refractivity contribution in [1.82, 2.24) is 4.40 Å². The van der Waals surface area contributed by atoms with Gasteiger partial charge in [0.2, 0.25) is 0 Å². The fraction of sp³-hybridized carbons (Fsp3) is 0.200. The van der Waals surface area contributed by atoms with Gasteiger partial charge >= 0.3 is 0 Å². The summed E-state index contributed by atoms with van der Waals surface area (Å²) in [5.74, 6) is 0. The first-order valence-corrected chi connectivity index (χ1v) is 4.32. The zero-order valence-corrected chi connectivity index (χ0v) is 8.02. The molecule has 0 aliphatic heterocycles. The lowest BCUT2D eigenvalue weighted by Gasteiger charge is -1.99. The largest absolute Gasteiger partial charge is 0.318 e. The van der Waals surface area contributed by atoms with E-state index in [4.69, 9.17) is 0 Å². The van der Waals surface area contributed by atoms with Crippen molar-refractivity contribution in [1.29, 1.82) is 0 Å². The highest BCUT2D eigenvalue weighted by Crippen LogP contribution is 2.25. The van der Waals surface area contributed by atoms with Crippen molar-refractivity contribution < 1.29 is 4.92 Å². The van der Waals surface area contributed by atoms with Gasteiger partial charge in [-0.25, -0.2) is 0 Å². The van der Waals surface area contributed by atoms with Crippen molar-refractivity contribution in [3.8, 4) is 0 Å². The first kappa shape index (κ1) is 8.74. The van der Waals surface area contributed by atoms with E-state index < -0.39 is 0 Å². The van der Waals surface area contributed by atoms with Gasteiger partial charge in [-0.2, -0.15) is 0 Å². The van der Waals surface area contributed by atoms with E-state index in [1.807, 2.05) is 25.4 Å². The number of aromatic nitrogens is 1. The third-order valence-corrected chi connectivity index (χ3v) is 2.27. The van der Waals surface area contributed by atoms with Crippen LogP contribution in [0.2, 0.25) is 0 Å². The molecule has 14 heavy (non-hydrogen) atoms. The van der Waals surface area contributed by atoms with Gasteiger partial charge in [-0.15, -0.1) is 0 Å². The molecule has 2 aromatic heterocycles. The average Bonchev–Trinajstić information content (AvgIpc) is 2.43. The van der Waals surface area contributed by atoms with Crippen molar-refractivity contribution in [2.24, 2.45) is 0 Å². The van der Waals surface area contributed by atoms with Crippen molar-refractivity contribution in [2.75, 3.05) is 0 Å². The maximum atomic E-state index is 10.8. The molecule has 72 valence electrons. The Bertz CT molecular complexity index is 514. The van der Waals surface area contributed by atoms with Gasteiger partial charge < -0.3 is 4.40 Å². The summed E-state index contributed by atoms with van der Waals surface area (Å²) in [7, 11) is 0. The van der Waals surface area contributed by atoms with E-state index in [2.05, 4.69) is 0 Å². The first-order valence-electron chi connectivity index (χ1n) is 4.32. The molecule has 2 heterocycles. The Balaban J connectivity index is 2.88.